The number of nitrogens with zero attached hydrogens (tertiary/aromatic N) is 4. The van der Waals surface area contributed by atoms with Crippen LogP contribution in [0.15, 0.2) is 48.5 Å². The van der Waals surface area contributed by atoms with E-state index in [9.17, 15) is 29.4 Å². The minimum Gasteiger partial charge on any atom is -0.465 e. The van der Waals surface area contributed by atoms with Gasteiger partial charge in [-0.2, -0.15) is 11.8 Å². The summed E-state index contributed by atoms with van der Waals surface area (Å²) in [5, 5.41) is 28.8. The molecule has 0 aliphatic heterocycles. The van der Waals surface area contributed by atoms with Gasteiger partial charge in [0.2, 0.25) is 17.7 Å². The van der Waals surface area contributed by atoms with Crippen LogP contribution in [0.5, 0.6) is 0 Å². The molecule has 64 heavy (non-hydrogen) atoms. The van der Waals surface area contributed by atoms with Crippen LogP contribution < -0.4 is 21.7 Å². The maximum Gasteiger partial charge on any atom is 0.407 e. The molecule has 0 spiro atoms. The second-order valence-electron chi connectivity index (χ2n) is 16.9. The van der Waals surface area contributed by atoms with Crippen molar-refractivity contribution in [1.29, 1.82) is 0 Å². The molecule has 0 bridgehead atoms. The molecule has 14 nitrogen and oxygen atoms in total. The van der Waals surface area contributed by atoms with Crippen LogP contribution in [0.2, 0.25) is 0 Å². The molecule has 0 saturated carbocycles. The van der Waals surface area contributed by atoms with Crippen molar-refractivity contribution < 1.29 is 29.4 Å². The van der Waals surface area contributed by atoms with Gasteiger partial charge in [-0.15, -0.1) is 0 Å². The van der Waals surface area contributed by atoms with Gasteiger partial charge in [-0.25, -0.2) is 14.8 Å². The molecular weight excluding hydrogens is 829 g/mol. The molecule has 2 atom stereocenters. The number of thioether (sulfide) groups is 1. The molecule has 15 heteroatoms. The SMILES string of the molecule is CCCCCCCCCCCCCCCCN(CCSC[C@H](NC(C)=O)C(=O)N[C@@H](CO)C(=O)NCc1ccc(Cn2c(CCCC)nc3c(N)nc4ccccc4c32)cc1)C(=O)O. The number of imidazole rings is 1. The predicted octanol–water partition coefficient (Wildman–Crippen LogP) is 8.35. The van der Waals surface area contributed by atoms with Crippen molar-refractivity contribution in [3.63, 3.8) is 0 Å². The van der Waals surface area contributed by atoms with E-state index in [0.717, 1.165) is 71.9 Å². The monoisotopic (exact) mass is 903 g/mol. The second kappa shape index (κ2) is 28.8. The quantitative estimate of drug-likeness (QED) is 0.0259. The zero-order valence-corrected chi connectivity index (χ0v) is 39.4. The maximum absolute atomic E-state index is 13.3. The summed E-state index contributed by atoms with van der Waals surface area (Å²) < 4.78 is 2.22. The topological polar surface area (TPSA) is 205 Å². The zero-order valence-electron chi connectivity index (χ0n) is 38.5. The number of rotatable bonds is 32. The third kappa shape index (κ3) is 17.2. The minimum atomic E-state index is -1.24. The van der Waals surface area contributed by atoms with Gasteiger partial charge in [0, 0.05) is 56.4 Å². The van der Waals surface area contributed by atoms with Crippen molar-refractivity contribution in [3.05, 3.63) is 65.5 Å². The summed E-state index contributed by atoms with van der Waals surface area (Å²) in [6.07, 6.45) is 19.1. The fourth-order valence-corrected chi connectivity index (χ4v) is 8.92. The number of aryl methyl sites for hydroxylation is 1. The van der Waals surface area contributed by atoms with Crippen LogP contribution in [0.4, 0.5) is 10.6 Å². The van der Waals surface area contributed by atoms with Crippen LogP contribution in [-0.4, -0.2) is 96.7 Å². The highest BCUT2D eigenvalue weighted by Crippen LogP contribution is 2.30. The number of carbonyl (C=O) groups is 4. The van der Waals surface area contributed by atoms with Crippen LogP contribution in [0.3, 0.4) is 0 Å². The average Bonchev–Trinajstić information content (AvgIpc) is 3.65. The molecule has 352 valence electrons. The number of para-hydroxylation sites is 1. The van der Waals surface area contributed by atoms with Gasteiger partial charge in [0.1, 0.15) is 23.4 Å². The number of fused-ring (bicyclic) bond motifs is 3. The van der Waals surface area contributed by atoms with Crippen molar-refractivity contribution in [2.45, 2.75) is 155 Å². The fourth-order valence-electron chi connectivity index (χ4n) is 7.93. The molecule has 2 aromatic carbocycles. The highest BCUT2D eigenvalue weighted by atomic mass is 32.2. The fraction of sp³-hybridized carbons (Fsp3) is 0.592. The molecule has 2 aromatic heterocycles. The van der Waals surface area contributed by atoms with Gasteiger partial charge < -0.3 is 41.4 Å². The first kappa shape index (κ1) is 51.7. The number of aliphatic hydroxyl groups excluding tert-OH is 1. The predicted molar refractivity (Wildman–Crippen MR) is 259 cm³/mol. The lowest BCUT2D eigenvalue weighted by molar-refractivity contribution is -0.132. The number of pyridine rings is 1. The standard InChI is InChI=1S/C49H74N8O6S/c1-4-6-8-9-10-11-12-13-14-15-16-17-18-21-29-56(49(62)63)30-31-64-35-42(52-36(3)59)48(61)54-41(34-58)47(60)51-32-37-25-27-38(28-26-37)33-57-43(24-7-5-2)55-44-45(57)39-22-19-20-23-40(39)53-46(44)50/h19-20,22-23,25-28,41-42,58H,4-18,21,24,29-35H2,1-3H3,(H2,50,53)(H,51,60)(H,52,59)(H,54,61)(H,62,63)/t41-,42-/m0/s1. The summed E-state index contributed by atoms with van der Waals surface area (Å²) in [6.45, 7) is 6.53. The Kier molecular flexibility index (Phi) is 23.3. The van der Waals surface area contributed by atoms with E-state index in [2.05, 4.69) is 39.3 Å². The molecule has 4 rings (SSSR count). The van der Waals surface area contributed by atoms with Crippen LogP contribution in [0, 0.1) is 0 Å². The molecule has 7 N–H and O–H groups in total. The summed E-state index contributed by atoms with van der Waals surface area (Å²) in [4.78, 5) is 61.3. The molecule has 0 unspecified atom stereocenters. The Morgan fingerprint density at radius 3 is 1.97 bits per heavy atom. The molecule has 0 aliphatic rings. The second-order valence-corrected chi connectivity index (χ2v) is 18.1. The maximum atomic E-state index is 13.3. The summed E-state index contributed by atoms with van der Waals surface area (Å²) >= 11 is 1.34. The summed E-state index contributed by atoms with van der Waals surface area (Å²) in [7, 11) is 0. The molecular formula is C49H74N8O6S. The number of nitrogen functional groups attached to an aromatic ring is 1. The molecule has 4 amide bonds. The van der Waals surface area contributed by atoms with E-state index in [0.29, 0.717) is 36.7 Å². The number of benzene rings is 2. The lowest BCUT2D eigenvalue weighted by atomic mass is 10.0. The number of aliphatic hydroxyl groups is 1. The number of aromatic nitrogens is 3. The van der Waals surface area contributed by atoms with Gasteiger partial charge in [0.25, 0.3) is 0 Å². The Bertz CT molecular complexity index is 2040. The van der Waals surface area contributed by atoms with E-state index in [1.165, 1.54) is 94.2 Å². The number of carboxylic acid groups (broad SMARTS) is 1. The highest BCUT2D eigenvalue weighted by molar-refractivity contribution is 7.99. The van der Waals surface area contributed by atoms with Crippen molar-refractivity contribution in [1.82, 2.24) is 35.4 Å². The average molecular weight is 903 g/mol. The summed E-state index contributed by atoms with van der Waals surface area (Å²) in [5.41, 5.74) is 10.7. The Labute approximate surface area is 384 Å². The molecule has 4 aromatic rings. The number of hydrogen-bond acceptors (Lipinski definition) is 9. The van der Waals surface area contributed by atoms with Gasteiger partial charge in [0.05, 0.1) is 17.6 Å². The van der Waals surface area contributed by atoms with Crippen LogP contribution in [-0.2, 0) is 33.9 Å². The molecule has 0 aliphatic carbocycles. The lowest BCUT2D eigenvalue weighted by Gasteiger charge is -2.22. The largest absolute Gasteiger partial charge is 0.465 e. The number of hydrogen-bond donors (Lipinski definition) is 6. The van der Waals surface area contributed by atoms with Crippen molar-refractivity contribution in [2.24, 2.45) is 0 Å². The first-order valence-corrected chi connectivity index (χ1v) is 24.8. The summed E-state index contributed by atoms with van der Waals surface area (Å²) in [5.74, 6) is 0.339. The van der Waals surface area contributed by atoms with Crippen LogP contribution in [0.25, 0.3) is 21.9 Å². The van der Waals surface area contributed by atoms with Gasteiger partial charge in [0.15, 0.2) is 5.82 Å². The summed E-state index contributed by atoms with van der Waals surface area (Å²) in [6, 6.07) is 13.5. The Balaban J connectivity index is 1.20. The van der Waals surface area contributed by atoms with Crippen molar-refractivity contribution in [3.8, 4) is 0 Å². The first-order chi connectivity index (χ1) is 31.1. The normalized spacial score (nSPS) is 12.3. The van der Waals surface area contributed by atoms with E-state index in [-0.39, 0.29) is 12.3 Å². The Hall–Kier alpha value is -4.89. The number of unbranched alkanes of at least 4 members (excludes halogenated alkanes) is 14. The van der Waals surface area contributed by atoms with E-state index in [1.54, 1.807) is 0 Å². The third-order valence-electron chi connectivity index (χ3n) is 11.6. The minimum absolute atomic E-state index is 0.165. The van der Waals surface area contributed by atoms with Crippen LogP contribution >= 0.6 is 11.8 Å². The van der Waals surface area contributed by atoms with Gasteiger partial charge in [-0.3, -0.25) is 14.4 Å². The number of amides is 4. The van der Waals surface area contributed by atoms with Crippen molar-refractivity contribution >= 4 is 63.3 Å². The smallest absolute Gasteiger partial charge is 0.407 e. The van der Waals surface area contributed by atoms with Gasteiger partial charge >= 0.3 is 6.09 Å². The Morgan fingerprint density at radius 2 is 1.36 bits per heavy atom. The molecule has 0 radical (unpaired) electrons. The molecule has 2 heterocycles. The van der Waals surface area contributed by atoms with Crippen LogP contribution in [0.1, 0.15) is 140 Å². The van der Waals surface area contributed by atoms with E-state index in [4.69, 9.17) is 10.7 Å². The van der Waals surface area contributed by atoms with Gasteiger partial charge in [-0.1, -0.05) is 146 Å². The number of carbonyl (C=O) groups excluding carboxylic acids is 3. The number of nitrogens with two attached hydrogens (primary N) is 1. The third-order valence-corrected chi connectivity index (χ3v) is 12.7. The highest BCUT2D eigenvalue weighted by Gasteiger charge is 2.26. The molecule has 0 saturated heterocycles. The van der Waals surface area contributed by atoms with Gasteiger partial charge in [-0.05, 0) is 30.0 Å². The Morgan fingerprint density at radius 1 is 0.750 bits per heavy atom. The zero-order chi connectivity index (χ0) is 46.1. The van der Waals surface area contributed by atoms with E-state index >= 15 is 0 Å². The number of anilines is 1. The lowest BCUT2D eigenvalue weighted by Crippen LogP contribution is -2.55. The number of nitrogens with one attached hydrogen (secondary N) is 3. The van der Waals surface area contributed by atoms with E-state index in [1.807, 2.05) is 48.5 Å². The molecule has 0 fully saturated rings. The van der Waals surface area contributed by atoms with E-state index < -0.39 is 42.5 Å². The first-order valence-electron chi connectivity index (χ1n) is 23.7. The van der Waals surface area contributed by atoms with Crippen molar-refractivity contribution in [2.75, 3.05) is 36.9 Å².